The SMILES string of the molecule is C=C.CC.CC.CCCC.Cc1ccc2c(c1)c1ccccc1c1ncc(-c3c(C)cccc3C)n21. The van der Waals surface area contributed by atoms with Crippen LogP contribution in [0.1, 0.15) is 71.1 Å². The normalized spacial score (nSPS) is 9.69. The number of hydrogen-bond acceptors (Lipinski definition) is 1. The summed E-state index contributed by atoms with van der Waals surface area (Å²) in [5.41, 5.74) is 8.50. The average molecular weight is 483 g/mol. The number of fused-ring (bicyclic) bond motifs is 6. The van der Waals surface area contributed by atoms with Crippen LogP contribution in [0, 0.1) is 20.8 Å². The summed E-state index contributed by atoms with van der Waals surface area (Å²) in [6.07, 6.45) is 4.66. The number of imidazole rings is 1. The average Bonchev–Trinajstić information content (AvgIpc) is 3.37. The lowest BCUT2D eigenvalue weighted by molar-refractivity contribution is 0.886. The summed E-state index contributed by atoms with van der Waals surface area (Å²) in [7, 11) is 0. The first-order valence-corrected chi connectivity index (χ1v) is 13.4. The van der Waals surface area contributed by atoms with Crippen LogP contribution in [0.5, 0.6) is 0 Å². The monoisotopic (exact) mass is 482 g/mol. The largest absolute Gasteiger partial charge is 0.292 e. The van der Waals surface area contributed by atoms with Crippen LogP contribution in [-0.2, 0) is 0 Å². The molecule has 2 aromatic heterocycles. The molecule has 0 saturated carbocycles. The Bertz CT molecular complexity index is 1340. The maximum absolute atomic E-state index is 4.84. The fourth-order valence-electron chi connectivity index (χ4n) is 4.15. The Balaban J connectivity index is 0.000000573. The van der Waals surface area contributed by atoms with Crippen molar-refractivity contribution < 1.29 is 0 Å². The molecule has 2 nitrogen and oxygen atoms in total. The fraction of sp³-hybridized carbons (Fsp3) is 0.324. The van der Waals surface area contributed by atoms with Gasteiger partial charge in [-0.05, 0) is 49.4 Å². The molecular weight excluding hydrogens is 436 g/mol. The van der Waals surface area contributed by atoms with Gasteiger partial charge in [0.15, 0.2) is 0 Å². The lowest BCUT2D eigenvalue weighted by atomic mass is 9.99. The molecule has 0 radical (unpaired) electrons. The van der Waals surface area contributed by atoms with Gasteiger partial charge in [0.2, 0.25) is 0 Å². The predicted molar refractivity (Wildman–Crippen MR) is 164 cm³/mol. The predicted octanol–water partition coefficient (Wildman–Crippen LogP) is 10.9. The molecule has 3 aromatic carbocycles. The second-order valence-electron chi connectivity index (χ2n) is 8.14. The van der Waals surface area contributed by atoms with Gasteiger partial charge < -0.3 is 0 Å². The molecule has 5 rings (SSSR count). The number of aromatic nitrogens is 2. The minimum absolute atomic E-state index is 1.02. The third-order valence-electron chi connectivity index (χ3n) is 5.85. The zero-order valence-electron chi connectivity index (χ0n) is 24.1. The van der Waals surface area contributed by atoms with Crippen molar-refractivity contribution in [2.24, 2.45) is 0 Å². The first-order chi connectivity index (χ1) is 17.6. The van der Waals surface area contributed by atoms with E-state index in [9.17, 15) is 0 Å². The zero-order chi connectivity index (χ0) is 27.3. The summed E-state index contributed by atoms with van der Waals surface area (Å²) in [5, 5.41) is 3.74. The van der Waals surface area contributed by atoms with E-state index in [0.29, 0.717) is 0 Å². The molecule has 2 heterocycles. The Morgan fingerprint density at radius 1 is 0.694 bits per heavy atom. The molecule has 0 N–H and O–H groups in total. The maximum Gasteiger partial charge on any atom is 0.145 e. The third-order valence-corrected chi connectivity index (χ3v) is 5.85. The van der Waals surface area contributed by atoms with Gasteiger partial charge in [-0.3, -0.25) is 4.40 Å². The molecule has 192 valence electrons. The van der Waals surface area contributed by atoms with E-state index in [1.165, 1.54) is 56.8 Å². The van der Waals surface area contributed by atoms with Crippen molar-refractivity contribution in [2.75, 3.05) is 0 Å². The van der Waals surface area contributed by atoms with Crippen molar-refractivity contribution in [3.8, 4) is 11.3 Å². The van der Waals surface area contributed by atoms with Crippen LogP contribution in [0.3, 0.4) is 0 Å². The zero-order valence-corrected chi connectivity index (χ0v) is 24.1. The highest BCUT2D eigenvalue weighted by Gasteiger charge is 2.16. The van der Waals surface area contributed by atoms with E-state index in [4.69, 9.17) is 4.98 Å². The summed E-state index contributed by atoms with van der Waals surface area (Å²) in [6.45, 7) is 24.9. The van der Waals surface area contributed by atoms with Crippen molar-refractivity contribution in [2.45, 2.75) is 75.2 Å². The van der Waals surface area contributed by atoms with Gasteiger partial charge in [0, 0.05) is 16.3 Å². The van der Waals surface area contributed by atoms with Crippen LogP contribution < -0.4 is 0 Å². The van der Waals surface area contributed by atoms with Gasteiger partial charge >= 0.3 is 0 Å². The minimum atomic E-state index is 1.02. The van der Waals surface area contributed by atoms with E-state index < -0.39 is 0 Å². The number of hydrogen-bond donors (Lipinski definition) is 0. The van der Waals surface area contributed by atoms with Gasteiger partial charge in [-0.15, -0.1) is 13.2 Å². The highest BCUT2D eigenvalue weighted by molar-refractivity contribution is 6.12. The molecule has 0 aliphatic rings. The van der Waals surface area contributed by atoms with Crippen molar-refractivity contribution in [3.63, 3.8) is 0 Å². The molecule has 0 aliphatic heterocycles. The Morgan fingerprint density at radius 3 is 1.81 bits per heavy atom. The molecule has 0 aliphatic carbocycles. The maximum atomic E-state index is 4.84. The van der Waals surface area contributed by atoms with Crippen molar-refractivity contribution in [1.82, 2.24) is 9.38 Å². The van der Waals surface area contributed by atoms with E-state index in [0.717, 1.165) is 11.3 Å². The lowest BCUT2D eigenvalue weighted by Gasteiger charge is -2.14. The van der Waals surface area contributed by atoms with E-state index in [2.05, 4.69) is 113 Å². The van der Waals surface area contributed by atoms with Gasteiger partial charge in [-0.1, -0.05) is 108 Å². The molecule has 0 fully saturated rings. The standard InChI is InChI=1S/C24H20N2.C4H10.2C2H6.C2H4/c1-15-11-12-21-20(13-15)18-9-4-5-10-19(18)24-25-14-22(26(21)24)23-16(2)7-6-8-17(23)3;1-3-4-2;3*1-2/h4-14H,1-3H3;3-4H2,1-2H3;2*1-2H3;1-2H2. The highest BCUT2D eigenvalue weighted by Crippen LogP contribution is 2.35. The van der Waals surface area contributed by atoms with Crippen LogP contribution in [0.2, 0.25) is 0 Å². The summed E-state index contributed by atoms with van der Waals surface area (Å²) in [4.78, 5) is 4.84. The number of unbranched alkanes of at least 4 members (excludes halogenated alkanes) is 1. The number of rotatable bonds is 2. The summed E-state index contributed by atoms with van der Waals surface area (Å²) >= 11 is 0. The van der Waals surface area contributed by atoms with Crippen LogP contribution in [-0.4, -0.2) is 9.38 Å². The number of pyridine rings is 1. The van der Waals surface area contributed by atoms with Gasteiger partial charge in [0.25, 0.3) is 0 Å². The van der Waals surface area contributed by atoms with E-state index in [-0.39, 0.29) is 0 Å². The first kappa shape index (κ1) is 30.6. The number of benzene rings is 3. The van der Waals surface area contributed by atoms with Crippen LogP contribution >= 0.6 is 0 Å². The molecule has 2 heteroatoms. The Labute approximate surface area is 219 Å². The van der Waals surface area contributed by atoms with Gasteiger partial charge in [-0.2, -0.15) is 0 Å². The van der Waals surface area contributed by atoms with Crippen LogP contribution in [0.25, 0.3) is 38.6 Å². The molecule has 36 heavy (non-hydrogen) atoms. The van der Waals surface area contributed by atoms with E-state index in [1.54, 1.807) is 0 Å². The van der Waals surface area contributed by atoms with Crippen molar-refractivity contribution in [3.05, 3.63) is 96.7 Å². The van der Waals surface area contributed by atoms with Gasteiger partial charge in [0.1, 0.15) is 5.65 Å². The minimum Gasteiger partial charge on any atom is -0.292 e. The molecule has 5 aromatic rings. The fourth-order valence-corrected chi connectivity index (χ4v) is 4.15. The van der Waals surface area contributed by atoms with Crippen molar-refractivity contribution in [1.29, 1.82) is 0 Å². The summed E-state index contributed by atoms with van der Waals surface area (Å²) in [6, 6.07) is 21.7. The number of nitrogens with zero attached hydrogens (tertiary/aromatic N) is 2. The molecule has 0 amide bonds. The summed E-state index contributed by atoms with van der Waals surface area (Å²) < 4.78 is 2.33. The first-order valence-electron chi connectivity index (χ1n) is 13.4. The second-order valence-corrected chi connectivity index (χ2v) is 8.14. The van der Waals surface area contributed by atoms with Crippen LogP contribution in [0.15, 0.2) is 80.0 Å². The molecule has 0 atom stereocenters. The second kappa shape index (κ2) is 15.6. The number of aryl methyl sites for hydroxylation is 3. The third kappa shape index (κ3) is 6.43. The molecule has 0 spiro atoms. The quantitative estimate of drug-likeness (QED) is 0.181. The molecule has 0 bridgehead atoms. The van der Waals surface area contributed by atoms with E-state index in [1.807, 2.05) is 33.9 Å². The van der Waals surface area contributed by atoms with Gasteiger partial charge in [0.05, 0.1) is 17.4 Å². The molecular formula is C34H46N2. The Morgan fingerprint density at radius 2 is 1.25 bits per heavy atom. The molecule has 0 saturated heterocycles. The topological polar surface area (TPSA) is 17.3 Å². The molecule has 0 unspecified atom stereocenters. The van der Waals surface area contributed by atoms with E-state index >= 15 is 0 Å². The lowest BCUT2D eigenvalue weighted by Crippen LogP contribution is -1.96. The Hall–Kier alpha value is -3.39. The smallest absolute Gasteiger partial charge is 0.145 e. The Kier molecular flexibility index (Phi) is 13.3. The highest BCUT2D eigenvalue weighted by atomic mass is 15.0. The van der Waals surface area contributed by atoms with Crippen molar-refractivity contribution >= 4 is 27.3 Å². The summed E-state index contributed by atoms with van der Waals surface area (Å²) in [5.74, 6) is 0. The van der Waals surface area contributed by atoms with Crippen LogP contribution in [0.4, 0.5) is 0 Å². The van der Waals surface area contributed by atoms with Gasteiger partial charge in [-0.25, -0.2) is 4.98 Å².